The Morgan fingerprint density at radius 2 is 1.36 bits per heavy atom. The van der Waals surface area contributed by atoms with E-state index in [2.05, 4.69) is 15.2 Å². The van der Waals surface area contributed by atoms with Gasteiger partial charge in [0.2, 0.25) is 0 Å². The number of nitrogen functional groups attached to an aromatic ring is 2. The minimum atomic E-state index is -4.79. The second-order valence-electron chi connectivity index (χ2n) is 10.1. The number of aliphatic imine (C=N–C) groups is 1. The fourth-order valence-corrected chi connectivity index (χ4v) is 6.17. The number of phenolic OH excluding ortho intramolecular Hbond substituents is 1. The summed E-state index contributed by atoms with van der Waals surface area (Å²) in [6.07, 6.45) is 1.61. The van der Waals surface area contributed by atoms with E-state index in [1.165, 1.54) is 42.5 Å². The fraction of sp³-hybridized carbons (Fsp3) is 0. The maximum Gasteiger partial charge on any atom is 0.296 e. The number of aromatic hydroxyl groups is 1. The average molecular weight is 642 g/mol. The normalized spacial score (nSPS) is 12.7. The molecule has 6 aromatic carbocycles. The number of fused-ring (bicyclic) bond motifs is 3. The van der Waals surface area contributed by atoms with E-state index in [9.17, 15) is 31.0 Å². The second kappa shape index (κ2) is 10.9. The molecule has 226 valence electrons. The highest BCUT2D eigenvalue weighted by Gasteiger charge is 2.22. The summed E-state index contributed by atoms with van der Waals surface area (Å²) in [5.41, 5.74) is 13.6. The van der Waals surface area contributed by atoms with Crippen molar-refractivity contribution in [3.8, 4) is 5.75 Å². The van der Waals surface area contributed by atoms with Gasteiger partial charge in [0.1, 0.15) is 10.6 Å². The van der Waals surface area contributed by atoms with Gasteiger partial charge < -0.3 is 16.6 Å². The maximum atomic E-state index is 12.2. The van der Waals surface area contributed by atoms with Gasteiger partial charge in [-0.1, -0.05) is 42.5 Å². The number of phenols is 1. The number of rotatable bonds is 6. The van der Waals surface area contributed by atoms with E-state index in [0.717, 1.165) is 5.39 Å². The van der Waals surface area contributed by atoms with Crippen LogP contribution >= 0.6 is 0 Å². The molecule has 12 nitrogen and oxygen atoms in total. The number of hydrogen-bond acceptors (Lipinski definition) is 10. The van der Waals surface area contributed by atoms with Crippen molar-refractivity contribution in [3.63, 3.8) is 0 Å². The zero-order valence-corrected chi connectivity index (χ0v) is 24.7. The highest BCUT2D eigenvalue weighted by Crippen LogP contribution is 2.42. The van der Waals surface area contributed by atoms with Gasteiger partial charge in [-0.3, -0.25) is 14.1 Å². The molecule has 0 atom stereocenters. The summed E-state index contributed by atoms with van der Waals surface area (Å²) < 4.78 is 66.9. The van der Waals surface area contributed by atoms with Crippen LogP contribution in [0.5, 0.6) is 5.75 Å². The van der Waals surface area contributed by atoms with Crippen molar-refractivity contribution in [2.75, 3.05) is 11.5 Å². The van der Waals surface area contributed by atoms with E-state index in [1.807, 2.05) is 12.1 Å². The van der Waals surface area contributed by atoms with Gasteiger partial charge >= 0.3 is 0 Å². The molecule has 0 aromatic heterocycles. The van der Waals surface area contributed by atoms with Crippen molar-refractivity contribution in [1.29, 1.82) is 0 Å². The first-order valence-corrected chi connectivity index (χ1v) is 16.0. The van der Waals surface area contributed by atoms with Gasteiger partial charge in [-0.15, -0.1) is 10.2 Å². The summed E-state index contributed by atoms with van der Waals surface area (Å²) in [4.78, 5) is 3.71. The molecule has 0 aliphatic rings. The van der Waals surface area contributed by atoms with E-state index in [4.69, 9.17) is 11.5 Å². The molecule has 0 amide bonds. The van der Waals surface area contributed by atoms with Crippen LogP contribution in [-0.4, -0.2) is 37.3 Å². The Morgan fingerprint density at radius 3 is 2.09 bits per heavy atom. The molecule has 0 radical (unpaired) electrons. The van der Waals surface area contributed by atoms with Crippen molar-refractivity contribution in [2.24, 2.45) is 15.2 Å². The van der Waals surface area contributed by atoms with Gasteiger partial charge in [0.15, 0.2) is 5.75 Å². The summed E-state index contributed by atoms with van der Waals surface area (Å²) in [5, 5.41) is 22.1. The maximum absolute atomic E-state index is 12.2. The molecule has 0 unspecified atom stereocenters. The molecule has 0 bridgehead atoms. The molecule has 6 aromatic rings. The molecule has 0 saturated heterocycles. The predicted octanol–water partition coefficient (Wildman–Crippen LogP) is 6.68. The molecule has 0 fully saturated rings. The van der Waals surface area contributed by atoms with Gasteiger partial charge in [-0.25, -0.2) is 0 Å². The van der Waals surface area contributed by atoms with Gasteiger partial charge in [0, 0.05) is 44.7 Å². The van der Waals surface area contributed by atoms with E-state index in [1.54, 1.807) is 42.6 Å². The van der Waals surface area contributed by atoms with Crippen LogP contribution in [-0.2, 0) is 20.2 Å². The molecule has 0 aliphatic carbocycles. The van der Waals surface area contributed by atoms with Gasteiger partial charge in [-0.05, 0) is 59.3 Å². The quantitative estimate of drug-likeness (QED) is 0.0566. The smallest absolute Gasteiger partial charge is 0.296 e. The highest BCUT2D eigenvalue weighted by molar-refractivity contribution is 7.86. The van der Waals surface area contributed by atoms with Crippen molar-refractivity contribution >= 4 is 87.2 Å². The summed E-state index contributed by atoms with van der Waals surface area (Å²) in [6.45, 7) is 0. The number of benzene rings is 6. The standard InChI is InChI=1S/C31H23N5O7S2/c32-19-7-5-17-13-29(45(41,42)43)30(31(37)24(17)14-19)36-35-28-11-6-18(21-3-1-2-4-22(21)28)16-34-27-12-10-26(33)25-15-20(44(38,39)40)8-9-23(25)27/h1-16,37H,32-33H2,(H,38,39,40)(H,41,42,43). The molecule has 0 saturated carbocycles. The Hall–Kier alpha value is -5.41. The Labute approximate surface area is 256 Å². The second-order valence-corrected chi connectivity index (χ2v) is 12.9. The fourth-order valence-electron chi connectivity index (χ4n) is 5.01. The van der Waals surface area contributed by atoms with Crippen LogP contribution in [0.1, 0.15) is 5.56 Å². The molecule has 0 heterocycles. The predicted molar refractivity (Wildman–Crippen MR) is 173 cm³/mol. The van der Waals surface area contributed by atoms with E-state index < -0.39 is 36.6 Å². The third-order valence-electron chi connectivity index (χ3n) is 7.19. The van der Waals surface area contributed by atoms with Crippen LogP contribution in [0.25, 0.3) is 32.3 Å². The number of azo groups is 1. The van der Waals surface area contributed by atoms with E-state index >= 15 is 0 Å². The Bertz CT molecular complexity index is 2480. The third-order valence-corrected chi connectivity index (χ3v) is 8.90. The monoisotopic (exact) mass is 641 g/mol. The first kappa shape index (κ1) is 29.7. The lowest BCUT2D eigenvalue weighted by Crippen LogP contribution is -1.99. The van der Waals surface area contributed by atoms with Crippen LogP contribution in [0.2, 0.25) is 0 Å². The van der Waals surface area contributed by atoms with Crippen LogP contribution in [0.4, 0.5) is 28.4 Å². The molecule has 6 rings (SSSR count). The Balaban J connectivity index is 1.43. The lowest BCUT2D eigenvalue weighted by atomic mass is 10.0. The SMILES string of the molecule is Nc1ccc2cc(S(=O)(=O)O)c(N=Nc3ccc(C=Nc4ccc(N)c5cc(S(=O)(=O)O)ccc45)c4ccccc34)c(O)c2c1. The lowest BCUT2D eigenvalue weighted by molar-refractivity contribution is 0.472. The average Bonchev–Trinajstić information content (AvgIpc) is 3.00. The van der Waals surface area contributed by atoms with E-state index in [-0.39, 0.29) is 10.3 Å². The first-order valence-electron chi connectivity index (χ1n) is 13.1. The van der Waals surface area contributed by atoms with Crippen molar-refractivity contribution in [3.05, 3.63) is 96.6 Å². The number of anilines is 2. The molecular weight excluding hydrogens is 619 g/mol. The third kappa shape index (κ3) is 5.65. The Kier molecular flexibility index (Phi) is 7.21. The summed E-state index contributed by atoms with van der Waals surface area (Å²) in [5.74, 6) is -0.510. The molecule has 0 aliphatic heterocycles. The molecule has 14 heteroatoms. The molecular formula is C31H23N5O7S2. The highest BCUT2D eigenvalue weighted by atomic mass is 32.2. The van der Waals surface area contributed by atoms with Crippen LogP contribution in [0.3, 0.4) is 0 Å². The zero-order chi connectivity index (χ0) is 32.1. The molecule has 45 heavy (non-hydrogen) atoms. The summed E-state index contributed by atoms with van der Waals surface area (Å²) in [7, 11) is -9.21. The topological polar surface area (TPSA) is 218 Å². The number of nitrogens with two attached hydrogens (primary N) is 2. The van der Waals surface area contributed by atoms with Crippen LogP contribution in [0, 0.1) is 0 Å². The van der Waals surface area contributed by atoms with Crippen LogP contribution in [0.15, 0.2) is 116 Å². The van der Waals surface area contributed by atoms with Gasteiger partial charge in [-0.2, -0.15) is 16.8 Å². The minimum absolute atomic E-state index is 0.233. The van der Waals surface area contributed by atoms with Gasteiger partial charge in [0.05, 0.1) is 16.3 Å². The number of hydrogen-bond donors (Lipinski definition) is 5. The van der Waals surface area contributed by atoms with Crippen molar-refractivity contribution in [2.45, 2.75) is 9.79 Å². The summed E-state index contributed by atoms with van der Waals surface area (Å²) >= 11 is 0. The van der Waals surface area contributed by atoms with Gasteiger partial charge in [0.25, 0.3) is 20.2 Å². The molecule has 0 spiro atoms. The Morgan fingerprint density at radius 1 is 0.644 bits per heavy atom. The summed E-state index contributed by atoms with van der Waals surface area (Å²) in [6, 6.07) is 23.6. The molecule has 7 N–H and O–H groups in total. The van der Waals surface area contributed by atoms with Crippen LogP contribution < -0.4 is 11.5 Å². The lowest BCUT2D eigenvalue weighted by Gasteiger charge is -2.10. The van der Waals surface area contributed by atoms with Crippen molar-refractivity contribution < 1.29 is 31.0 Å². The van der Waals surface area contributed by atoms with E-state index in [0.29, 0.717) is 49.9 Å². The zero-order valence-electron chi connectivity index (χ0n) is 23.0. The minimum Gasteiger partial charge on any atom is -0.505 e. The first-order chi connectivity index (χ1) is 21.3. The number of nitrogens with zero attached hydrogens (tertiary/aromatic N) is 3. The van der Waals surface area contributed by atoms with Crippen molar-refractivity contribution in [1.82, 2.24) is 0 Å². The largest absolute Gasteiger partial charge is 0.505 e.